The number of benzene rings is 1. The van der Waals surface area contributed by atoms with Crippen molar-refractivity contribution >= 4 is 35.0 Å². The minimum atomic E-state index is -0.464. The summed E-state index contributed by atoms with van der Waals surface area (Å²) in [6.45, 7) is 5.41. The number of imidazole rings is 1. The molecule has 0 bridgehead atoms. The molecule has 2 N–H and O–H groups in total. The van der Waals surface area contributed by atoms with E-state index >= 15 is 0 Å². The topological polar surface area (TPSA) is 129 Å². The predicted molar refractivity (Wildman–Crippen MR) is 124 cm³/mol. The third-order valence-electron chi connectivity index (χ3n) is 5.65. The number of alkyl carbamates (subject to hydrolysis) is 1. The first-order valence-corrected chi connectivity index (χ1v) is 11.3. The van der Waals surface area contributed by atoms with Crippen LogP contribution in [0.4, 0.5) is 10.7 Å². The number of hydrogen-bond acceptors (Lipinski definition) is 7. The zero-order valence-corrected chi connectivity index (χ0v) is 19.5. The standard InChI is InChI=1S/C23H28N6O5/c1-4-29-18(11-14(2)27-29)20(30)26-22-25-17-13-16(21(31)33-3)12-15-7-5-8-24-23(32)34-10-6-9-28(22)19(15)17/h11-13H,4-10H2,1-3H3,(H,24,32)(H,25,26,30). The van der Waals surface area contributed by atoms with Crippen LogP contribution in [-0.4, -0.2) is 57.6 Å². The molecule has 0 radical (unpaired) electrons. The number of aryl methyl sites for hydroxylation is 4. The van der Waals surface area contributed by atoms with Crippen LogP contribution in [0.3, 0.4) is 0 Å². The second-order valence-electron chi connectivity index (χ2n) is 8.04. The number of esters is 1. The number of nitrogens with zero attached hydrogens (tertiary/aromatic N) is 4. The summed E-state index contributed by atoms with van der Waals surface area (Å²) in [5.41, 5.74) is 3.85. The highest BCUT2D eigenvalue weighted by atomic mass is 16.5. The summed E-state index contributed by atoms with van der Waals surface area (Å²) >= 11 is 0. The van der Waals surface area contributed by atoms with Gasteiger partial charge in [-0.2, -0.15) is 5.10 Å². The zero-order valence-electron chi connectivity index (χ0n) is 19.5. The Morgan fingerprint density at radius 3 is 2.85 bits per heavy atom. The van der Waals surface area contributed by atoms with Crippen LogP contribution >= 0.6 is 0 Å². The van der Waals surface area contributed by atoms with E-state index in [0.29, 0.717) is 61.6 Å². The lowest BCUT2D eigenvalue weighted by Gasteiger charge is -2.15. The van der Waals surface area contributed by atoms with Gasteiger partial charge in [-0.05, 0) is 56.9 Å². The fourth-order valence-corrected chi connectivity index (χ4v) is 4.14. The molecule has 0 unspecified atom stereocenters. The molecular weight excluding hydrogens is 440 g/mol. The number of ether oxygens (including phenoxy) is 2. The maximum atomic E-state index is 13.1. The molecule has 1 aliphatic heterocycles. The number of amides is 2. The molecule has 180 valence electrons. The first-order valence-electron chi connectivity index (χ1n) is 11.3. The molecule has 0 saturated carbocycles. The van der Waals surface area contributed by atoms with Gasteiger partial charge in [-0.15, -0.1) is 0 Å². The van der Waals surface area contributed by atoms with Gasteiger partial charge in [0.2, 0.25) is 5.95 Å². The van der Waals surface area contributed by atoms with Crippen LogP contribution < -0.4 is 10.6 Å². The molecule has 4 rings (SSSR count). The molecule has 34 heavy (non-hydrogen) atoms. The molecular formula is C23H28N6O5. The quantitative estimate of drug-likeness (QED) is 0.563. The molecule has 0 atom stereocenters. The lowest BCUT2D eigenvalue weighted by Crippen LogP contribution is -2.26. The van der Waals surface area contributed by atoms with Crippen molar-refractivity contribution in [3.05, 3.63) is 40.7 Å². The van der Waals surface area contributed by atoms with Crippen molar-refractivity contribution in [1.82, 2.24) is 24.6 Å². The number of carbonyl (C=O) groups is 3. The first-order chi connectivity index (χ1) is 16.4. The van der Waals surface area contributed by atoms with E-state index in [2.05, 4.69) is 20.7 Å². The molecule has 0 fully saturated rings. The van der Waals surface area contributed by atoms with E-state index in [-0.39, 0.29) is 12.5 Å². The highest BCUT2D eigenvalue weighted by Crippen LogP contribution is 2.28. The minimum absolute atomic E-state index is 0.219. The average Bonchev–Trinajstić information content (AvgIpc) is 3.37. The smallest absolute Gasteiger partial charge is 0.407 e. The number of rotatable bonds is 4. The van der Waals surface area contributed by atoms with E-state index in [4.69, 9.17) is 9.47 Å². The van der Waals surface area contributed by atoms with Gasteiger partial charge in [0.25, 0.3) is 5.91 Å². The van der Waals surface area contributed by atoms with Crippen LogP contribution in [0.1, 0.15) is 51.9 Å². The van der Waals surface area contributed by atoms with Crippen LogP contribution in [0, 0.1) is 6.92 Å². The number of methoxy groups -OCH3 is 1. The number of anilines is 1. The van der Waals surface area contributed by atoms with Crippen LogP contribution in [-0.2, 0) is 29.0 Å². The van der Waals surface area contributed by atoms with E-state index in [0.717, 1.165) is 16.8 Å². The van der Waals surface area contributed by atoms with Crippen molar-refractivity contribution in [2.45, 2.75) is 46.2 Å². The Morgan fingerprint density at radius 2 is 2.09 bits per heavy atom. The average molecular weight is 469 g/mol. The van der Waals surface area contributed by atoms with Crippen molar-refractivity contribution in [3.63, 3.8) is 0 Å². The van der Waals surface area contributed by atoms with Gasteiger partial charge in [0.1, 0.15) is 5.69 Å². The van der Waals surface area contributed by atoms with E-state index in [9.17, 15) is 14.4 Å². The molecule has 11 nitrogen and oxygen atoms in total. The van der Waals surface area contributed by atoms with Crippen molar-refractivity contribution in [2.75, 3.05) is 25.6 Å². The van der Waals surface area contributed by atoms with Gasteiger partial charge < -0.3 is 19.4 Å². The Morgan fingerprint density at radius 1 is 1.26 bits per heavy atom. The van der Waals surface area contributed by atoms with E-state index in [1.165, 1.54) is 7.11 Å². The molecule has 3 heterocycles. The van der Waals surface area contributed by atoms with Crippen LogP contribution in [0.5, 0.6) is 0 Å². The lowest BCUT2D eigenvalue weighted by atomic mass is 10.0. The molecule has 3 aromatic rings. The van der Waals surface area contributed by atoms with Gasteiger partial charge in [0, 0.05) is 19.6 Å². The summed E-state index contributed by atoms with van der Waals surface area (Å²) in [6, 6.07) is 5.18. The van der Waals surface area contributed by atoms with E-state index < -0.39 is 12.1 Å². The minimum Gasteiger partial charge on any atom is -0.465 e. The molecule has 2 amide bonds. The van der Waals surface area contributed by atoms with E-state index in [1.807, 2.05) is 18.4 Å². The predicted octanol–water partition coefficient (Wildman–Crippen LogP) is 2.66. The highest BCUT2D eigenvalue weighted by molar-refractivity contribution is 6.03. The van der Waals surface area contributed by atoms with Crippen molar-refractivity contribution < 1.29 is 23.9 Å². The summed E-state index contributed by atoms with van der Waals surface area (Å²) in [5, 5.41) is 9.98. The Balaban J connectivity index is 1.79. The molecule has 1 aliphatic rings. The number of carbonyl (C=O) groups excluding carboxylic acids is 3. The summed E-state index contributed by atoms with van der Waals surface area (Å²) < 4.78 is 13.7. The lowest BCUT2D eigenvalue weighted by molar-refractivity contribution is 0.0600. The van der Waals surface area contributed by atoms with Crippen LogP contribution in [0.2, 0.25) is 0 Å². The fourth-order valence-electron chi connectivity index (χ4n) is 4.14. The Hall–Kier alpha value is -3.89. The monoisotopic (exact) mass is 468 g/mol. The van der Waals surface area contributed by atoms with Gasteiger partial charge in [0.05, 0.1) is 36.0 Å². The van der Waals surface area contributed by atoms with Crippen LogP contribution in [0.15, 0.2) is 18.2 Å². The summed E-state index contributed by atoms with van der Waals surface area (Å²) in [4.78, 5) is 41.9. The summed E-state index contributed by atoms with van der Waals surface area (Å²) in [7, 11) is 1.33. The van der Waals surface area contributed by atoms with Gasteiger partial charge in [-0.1, -0.05) is 0 Å². The van der Waals surface area contributed by atoms with Gasteiger partial charge in [-0.25, -0.2) is 14.6 Å². The maximum Gasteiger partial charge on any atom is 0.407 e. The Bertz CT molecular complexity index is 1240. The molecule has 1 aromatic carbocycles. The van der Waals surface area contributed by atoms with Crippen molar-refractivity contribution in [2.24, 2.45) is 0 Å². The van der Waals surface area contributed by atoms with Crippen molar-refractivity contribution in [1.29, 1.82) is 0 Å². The molecule has 2 aromatic heterocycles. The van der Waals surface area contributed by atoms with E-state index in [1.54, 1.807) is 22.9 Å². The second-order valence-corrected chi connectivity index (χ2v) is 8.04. The third kappa shape index (κ3) is 4.73. The highest BCUT2D eigenvalue weighted by Gasteiger charge is 2.22. The number of hydrogen-bond donors (Lipinski definition) is 2. The van der Waals surface area contributed by atoms with Gasteiger partial charge in [-0.3, -0.25) is 14.8 Å². The second kappa shape index (κ2) is 9.94. The van der Waals surface area contributed by atoms with Gasteiger partial charge in [0.15, 0.2) is 0 Å². The van der Waals surface area contributed by atoms with Gasteiger partial charge >= 0.3 is 12.1 Å². The Labute approximate surface area is 196 Å². The summed E-state index contributed by atoms with van der Waals surface area (Å²) in [5.74, 6) is -0.440. The fraction of sp³-hybridized carbons (Fsp3) is 0.435. The number of aromatic nitrogens is 4. The SMILES string of the molecule is CCn1nc(C)cc1C(=O)Nc1nc2cc(C(=O)OC)cc3c2n1CCCOC(=O)NCCC3. The Kier molecular flexibility index (Phi) is 6.80. The zero-order chi connectivity index (χ0) is 24.2. The molecule has 11 heteroatoms. The molecule has 0 aliphatic carbocycles. The largest absolute Gasteiger partial charge is 0.465 e. The van der Waals surface area contributed by atoms with Crippen molar-refractivity contribution in [3.8, 4) is 0 Å². The maximum absolute atomic E-state index is 13.1. The normalized spacial score (nSPS) is 14.5. The number of cyclic esters (lactones) is 1. The first kappa shape index (κ1) is 23.3. The van der Waals surface area contributed by atoms with Crippen LogP contribution in [0.25, 0.3) is 11.0 Å². The third-order valence-corrected chi connectivity index (χ3v) is 5.65. The number of nitrogens with one attached hydrogen (secondary N) is 2. The molecule has 0 saturated heterocycles. The summed E-state index contributed by atoms with van der Waals surface area (Å²) in [6.07, 6.45) is 1.28. The molecule has 0 spiro atoms.